The lowest BCUT2D eigenvalue weighted by atomic mass is 10.0. The maximum absolute atomic E-state index is 14.2. The minimum Gasteiger partial charge on any atom is -0.478 e. The lowest BCUT2D eigenvalue weighted by Gasteiger charge is -2.29. The third kappa shape index (κ3) is 4.78. The zero-order chi connectivity index (χ0) is 19.6. The van der Waals surface area contributed by atoms with Crippen molar-refractivity contribution in [2.45, 2.75) is 32.4 Å². The highest BCUT2D eigenvalue weighted by Crippen LogP contribution is 2.27. The van der Waals surface area contributed by atoms with Crippen molar-refractivity contribution in [3.05, 3.63) is 35.1 Å². The van der Waals surface area contributed by atoms with Gasteiger partial charge >= 0.3 is 12.1 Å². The SMILES string of the molecule is CN1C(NC(=O)OC(C)(C)C)=NC(c2cc(C(=O)O)ccc2F)CS1=O. The number of hydrogen-bond donors (Lipinski definition) is 2. The van der Waals surface area contributed by atoms with E-state index in [0.717, 1.165) is 18.2 Å². The molecular formula is C16H20FN3O5S. The first-order valence-electron chi connectivity index (χ1n) is 7.70. The second kappa shape index (κ2) is 7.40. The number of halogens is 1. The van der Waals surface area contributed by atoms with Gasteiger partial charge in [-0.2, -0.15) is 0 Å². The van der Waals surface area contributed by atoms with Gasteiger partial charge in [-0.1, -0.05) is 0 Å². The summed E-state index contributed by atoms with van der Waals surface area (Å²) in [7, 11) is -0.128. The van der Waals surface area contributed by atoms with Crippen LogP contribution in [0.15, 0.2) is 23.2 Å². The highest BCUT2D eigenvalue weighted by Gasteiger charge is 2.30. The minimum absolute atomic E-state index is 0.00478. The van der Waals surface area contributed by atoms with Crippen molar-refractivity contribution in [3.63, 3.8) is 0 Å². The topological polar surface area (TPSA) is 108 Å². The highest BCUT2D eigenvalue weighted by molar-refractivity contribution is 7.83. The third-order valence-corrected chi connectivity index (χ3v) is 4.78. The molecule has 1 aromatic carbocycles. The first kappa shape index (κ1) is 19.8. The molecule has 1 aromatic rings. The van der Waals surface area contributed by atoms with Crippen molar-refractivity contribution in [2.24, 2.45) is 4.99 Å². The fraction of sp³-hybridized carbons (Fsp3) is 0.438. The van der Waals surface area contributed by atoms with E-state index in [0.29, 0.717) is 0 Å². The van der Waals surface area contributed by atoms with E-state index in [-0.39, 0.29) is 22.8 Å². The van der Waals surface area contributed by atoms with Crippen molar-refractivity contribution in [1.29, 1.82) is 0 Å². The van der Waals surface area contributed by atoms with E-state index in [1.54, 1.807) is 20.8 Å². The minimum atomic E-state index is -1.59. The fourth-order valence-electron chi connectivity index (χ4n) is 2.21. The van der Waals surface area contributed by atoms with Crippen molar-refractivity contribution >= 4 is 29.0 Å². The first-order valence-corrected chi connectivity index (χ1v) is 8.98. The van der Waals surface area contributed by atoms with Gasteiger partial charge in [-0.3, -0.25) is 9.62 Å². The zero-order valence-corrected chi connectivity index (χ0v) is 15.6. The Kier molecular flexibility index (Phi) is 5.65. The Bertz CT molecular complexity index is 791. The molecule has 26 heavy (non-hydrogen) atoms. The van der Waals surface area contributed by atoms with Gasteiger partial charge in [0.2, 0.25) is 5.96 Å². The summed E-state index contributed by atoms with van der Waals surface area (Å²) in [5, 5.41) is 11.5. The summed E-state index contributed by atoms with van der Waals surface area (Å²) < 4.78 is 32.8. The number of aromatic carboxylic acids is 1. The van der Waals surface area contributed by atoms with E-state index >= 15 is 0 Å². The summed E-state index contributed by atoms with van der Waals surface area (Å²) in [4.78, 5) is 27.3. The highest BCUT2D eigenvalue weighted by atomic mass is 32.2. The largest absolute Gasteiger partial charge is 0.478 e. The number of hydrogen-bond acceptors (Lipinski definition) is 5. The van der Waals surface area contributed by atoms with E-state index < -0.39 is 40.5 Å². The number of carboxylic acids is 1. The molecule has 2 unspecified atom stereocenters. The van der Waals surface area contributed by atoms with Gasteiger partial charge < -0.3 is 9.84 Å². The van der Waals surface area contributed by atoms with Crippen molar-refractivity contribution < 1.29 is 28.0 Å². The second-order valence-corrected chi connectivity index (χ2v) is 8.15. The van der Waals surface area contributed by atoms with Crippen molar-refractivity contribution in [1.82, 2.24) is 9.62 Å². The number of carboxylic acid groups (broad SMARTS) is 1. The van der Waals surface area contributed by atoms with Gasteiger partial charge in [0.1, 0.15) is 22.4 Å². The number of guanidine groups is 1. The molecule has 0 bridgehead atoms. The average molecular weight is 385 g/mol. The number of nitrogens with zero attached hydrogens (tertiary/aromatic N) is 2. The summed E-state index contributed by atoms with van der Waals surface area (Å²) in [5.74, 6) is -1.97. The van der Waals surface area contributed by atoms with Crippen molar-refractivity contribution in [3.8, 4) is 0 Å². The Morgan fingerprint density at radius 2 is 2.08 bits per heavy atom. The quantitative estimate of drug-likeness (QED) is 0.810. The Balaban J connectivity index is 2.34. The molecule has 1 amide bonds. The molecule has 2 rings (SSSR count). The van der Waals surface area contributed by atoms with Crippen LogP contribution in [0.2, 0.25) is 0 Å². The van der Waals surface area contributed by atoms with Crippen LogP contribution in [-0.2, 0) is 15.7 Å². The molecule has 2 N–H and O–H groups in total. The molecular weight excluding hydrogens is 365 g/mol. The standard InChI is InChI=1S/C16H20FN3O5S/c1-16(2,3)25-15(23)19-14-18-12(8-26(24)20(14)4)10-7-9(13(21)22)5-6-11(10)17/h5-7,12H,8H2,1-4H3,(H,21,22)(H,18,19,23). The molecule has 0 saturated heterocycles. The zero-order valence-electron chi connectivity index (χ0n) is 14.8. The third-order valence-electron chi connectivity index (χ3n) is 3.40. The number of aliphatic imine (C=N–C) groups is 1. The molecule has 1 aliphatic heterocycles. The van der Waals surface area contributed by atoms with Crippen LogP contribution in [-0.4, -0.2) is 50.0 Å². The smallest absolute Gasteiger partial charge is 0.414 e. The molecule has 0 aliphatic carbocycles. The van der Waals surface area contributed by atoms with Gasteiger partial charge in [0, 0.05) is 12.6 Å². The van der Waals surface area contributed by atoms with E-state index in [1.807, 2.05) is 0 Å². The van der Waals surface area contributed by atoms with Crippen LogP contribution in [0.1, 0.15) is 42.7 Å². The number of benzene rings is 1. The molecule has 2 atom stereocenters. The summed E-state index contributed by atoms with van der Waals surface area (Å²) >= 11 is 0. The number of amides is 1. The van der Waals surface area contributed by atoms with Gasteiger partial charge in [-0.15, -0.1) is 0 Å². The monoisotopic (exact) mass is 385 g/mol. The number of ether oxygens (including phenoxy) is 1. The van der Waals surface area contributed by atoms with Gasteiger partial charge in [0.05, 0.1) is 17.4 Å². The summed E-state index contributed by atoms with van der Waals surface area (Å²) in [6, 6.07) is 2.41. The van der Waals surface area contributed by atoms with E-state index in [2.05, 4.69) is 10.3 Å². The van der Waals surface area contributed by atoms with E-state index in [4.69, 9.17) is 9.84 Å². The van der Waals surface area contributed by atoms with Crippen LogP contribution < -0.4 is 5.32 Å². The molecule has 0 fully saturated rings. The number of alkyl carbamates (subject to hydrolysis) is 1. The maximum Gasteiger partial charge on any atom is 0.414 e. The molecule has 0 aromatic heterocycles. The van der Waals surface area contributed by atoms with Crippen LogP contribution in [0, 0.1) is 5.82 Å². The van der Waals surface area contributed by atoms with E-state index in [1.165, 1.54) is 11.4 Å². The molecule has 8 nitrogen and oxygen atoms in total. The molecule has 0 spiro atoms. The van der Waals surface area contributed by atoms with Crippen LogP contribution >= 0.6 is 0 Å². The molecule has 10 heteroatoms. The summed E-state index contributed by atoms with van der Waals surface area (Å²) in [5.41, 5.74) is -0.851. The van der Waals surface area contributed by atoms with Gasteiger partial charge in [-0.25, -0.2) is 23.2 Å². The van der Waals surface area contributed by atoms with Crippen LogP contribution in [0.3, 0.4) is 0 Å². The number of nitrogens with one attached hydrogen (secondary N) is 1. The second-order valence-electron chi connectivity index (χ2n) is 6.62. The predicted octanol–water partition coefficient (Wildman–Crippen LogP) is 2.05. The number of carbonyl (C=O) groups excluding carboxylic acids is 1. The lowest BCUT2D eigenvalue weighted by Crippen LogP contribution is -2.48. The molecule has 0 saturated carbocycles. The maximum atomic E-state index is 14.2. The molecule has 1 aliphatic rings. The summed E-state index contributed by atoms with van der Waals surface area (Å²) in [6.07, 6.45) is -0.791. The predicted molar refractivity (Wildman–Crippen MR) is 93.7 cm³/mol. The average Bonchev–Trinajstić information content (AvgIpc) is 2.50. The lowest BCUT2D eigenvalue weighted by molar-refractivity contribution is 0.0558. The number of carbonyl (C=O) groups is 2. The first-order chi connectivity index (χ1) is 12.0. The fourth-order valence-corrected chi connectivity index (χ4v) is 3.24. The van der Waals surface area contributed by atoms with Crippen LogP contribution in [0.5, 0.6) is 0 Å². The Morgan fingerprint density at radius 1 is 1.42 bits per heavy atom. The Morgan fingerprint density at radius 3 is 2.65 bits per heavy atom. The number of rotatable bonds is 2. The Labute approximate surface area is 152 Å². The normalized spacial score (nSPS) is 20.3. The summed E-state index contributed by atoms with van der Waals surface area (Å²) in [6.45, 7) is 5.06. The van der Waals surface area contributed by atoms with Crippen LogP contribution in [0.4, 0.5) is 9.18 Å². The molecule has 142 valence electrons. The van der Waals surface area contributed by atoms with Gasteiger partial charge in [0.25, 0.3) is 0 Å². The van der Waals surface area contributed by atoms with Crippen molar-refractivity contribution in [2.75, 3.05) is 12.8 Å². The van der Waals surface area contributed by atoms with Gasteiger partial charge in [0.15, 0.2) is 0 Å². The van der Waals surface area contributed by atoms with Gasteiger partial charge in [-0.05, 0) is 39.0 Å². The Hall–Kier alpha value is -2.49. The van der Waals surface area contributed by atoms with Crippen LogP contribution in [0.25, 0.3) is 0 Å². The van der Waals surface area contributed by atoms with E-state index in [9.17, 15) is 18.2 Å². The molecule has 1 heterocycles. The molecule has 0 radical (unpaired) electrons.